The first-order chi connectivity index (χ1) is 10.2. The number of esters is 1. The number of hydrogen-bond acceptors (Lipinski definition) is 3. The van der Waals surface area contributed by atoms with Gasteiger partial charge >= 0.3 is 5.97 Å². The highest BCUT2D eigenvalue weighted by Gasteiger charge is 2.51. The van der Waals surface area contributed by atoms with Gasteiger partial charge in [-0.05, 0) is 22.8 Å². The van der Waals surface area contributed by atoms with Crippen molar-refractivity contribution in [3.8, 4) is 11.1 Å². The van der Waals surface area contributed by atoms with Gasteiger partial charge in [0.05, 0.1) is 13.7 Å². The Morgan fingerprint density at radius 2 is 1.81 bits per heavy atom. The van der Waals surface area contributed by atoms with Crippen molar-refractivity contribution in [2.24, 2.45) is 0 Å². The predicted octanol–water partition coefficient (Wildman–Crippen LogP) is 2.91. The first-order valence-corrected chi connectivity index (χ1v) is 6.63. The summed E-state index contributed by atoms with van der Waals surface area (Å²) in [7, 11) is 2.85. The van der Waals surface area contributed by atoms with Crippen LogP contribution in [0.4, 0.5) is 4.39 Å². The van der Waals surface area contributed by atoms with Crippen LogP contribution in [0, 0.1) is 5.82 Å². The predicted molar refractivity (Wildman–Crippen MR) is 76.5 cm³/mol. The van der Waals surface area contributed by atoms with Crippen LogP contribution >= 0.6 is 0 Å². The lowest BCUT2D eigenvalue weighted by Crippen LogP contribution is -2.40. The van der Waals surface area contributed by atoms with Gasteiger partial charge in [0, 0.05) is 12.7 Å². The molecule has 2 aromatic rings. The van der Waals surface area contributed by atoms with Crippen LogP contribution in [-0.4, -0.2) is 26.8 Å². The van der Waals surface area contributed by atoms with Crippen molar-refractivity contribution < 1.29 is 18.7 Å². The summed E-state index contributed by atoms with van der Waals surface area (Å²) in [4.78, 5) is 12.5. The van der Waals surface area contributed by atoms with Crippen molar-refractivity contribution in [3.05, 3.63) is 59.4 Å². The molecular weight excluding hydrogens is 271 g/mol. The quantitative estimate of drug-likeness (QED) is 0.814. The maximum atomic E-state index is 14.3. The Morgan fingerprint density at radius 3 is 2.52 bits per heavy atom. The van der Waals surface area contributed by atoms with E-state index < -0.39 is 11.4 Å². The Morgan fingerprint density at radius 1 is 1.10 bits per heavy atom. The Balaban J connectivity index is 2.41. The van der Waals surface area contributed by atoms with Gasteiger partial charge in [0.25, 0.3) is 0 Å². The largest absolute Gasteiger partial charge is 0.468 e. The average molecular weight is 286 g/mol. The van der Waals surface area contributed by atoms with E-state index in [1.807, 2.05) is 24.3 Å². The summed E-state index contributed by atoms with van der Waals surface area (Å²) in [6, 6.07) is 12.1. The molecule has 0 saturated carbocycles. The molecule has 0 saturated heterocycles. The van der Waals surface area contributed by atoms with Gasteiger partial charge in [-0.2, -0.15) is 0 Å². The molecule has 21 heavy (non-hydrogen) atoms. The number of benzene rings is 2. The number of rotatable bonds is 3. The molecule has 0 aromatic heterocycles. The van der Waals surface area contributed by atoms with Gasteiger partial charge < -0.3 is 9.47 Å². The number of hydrogen-bond donors (Lipinski definition) is 0. The summed E-state index contributed by atoms with van der Waals surface area (Å²) >= 11 is 0. The third kappa shape index (κ3) is 1.72. The Hall–Kier alpha value is -2.20. The Kier molecular flexibility index (Phi) is 3.26. The number of carbonyl (C=O) groups excluding carboxylic acids is 1. The molecule has 4 heteroatoms. The van der Waals surface area contributed by atoms with Crippen molar-refractivity contribution in [1.82, 2.24) is 0 Å². The molecule has 1 aliphatic rings. The normalized spacial score (nSPS) is 19.0. The van der Waals surface area contributed by atoms with E-state index in [9.17, 15) is 9.18 Å². The fourth-order valence-corrected chi connectivity index (χ4v) is 3.20. The lowest BCUT2D eigenvalue weighted by atomic mass is 9.79. The highest BCUT2D eigenvalue weighted by atomic mass is 19.1. The number of methoxy groups -OCH3 is 2. The Labute approximate surface area is 122 Å². The third-order valence-corrected chi connectivity index (χ3v) is 4.02. The summed E-state index contributed by atoms with van der Waals surface area (Å²) in [5.74, 6) is -0.789. The van der Waals surface area contributed by atoms with Crippen LogP contribution in [0.5, 0.6) is 0 Å². The highest BCUT2D eigenvalue weighted by Crippen LogP contribution is 2.50. The Bertz CT molecular complexity index is 711. The zero-order chi connectivity index (χ0) is 15.0. The summed E-state index contributed by atoms with van der Waals surface area (Å²) in [6.45, 7) is 0.104. The molecule has 0 radical (unpaired) electrons. The molecule has 0 fully saturated rings. The van der Waals surface area contributed by atoms with E-state index in [0.29, 0.717) is 16.7 Å². The minimum atomic E-state index is -1.11. The molecule has 1 atom stereocenters. The van der Waals surface area contributed by atoms with Crippen LogP contribution in [-0.2, 0) is 19.7 Å². The summed E-state index contributed by atoms with van der Waals surface area (Å²) < 4.78 is 24.6. The van der Waals surface area contributed by atoms with Gasteiger partial charge in [-0.25, -0.2) is 4.39 Å². The van der Waals surface area contributed by atoms with Crippen LogP contribution < -0.4 is 0 Å². The molecule has 3 rings (SSSR count). The van der Waals surface area contributed by atoms with Crippen LogP contribution in [0.1, 0.15) is 11.1 Å². The molecule has 2 aromatic carbocycles. The molecule has 1 aliphatic carbocycles. The van der Waals surface area contributed by atoms with Crippen LogP contribution in [0.25, 0.3) is 11.1 Å². The van der Waals surface area contributed by atoms with Crippen LogP contribution in [0.15, 0.2) is 42.5 Å². The number of carbonyl (C=O) groups is 1. The fourth-order valence-electron chi connectivity index (χ4n) is 3.20. The van der Waals surface area contributed by atoms with Crippen LogP contribution in [0.2, 0.25) is 0 Å². The van der Waals surface area contributed by atoms with E-state index in [1.54, 1.807) is 12.1 Å². The minimum Gasteiger partial charge on any atom is -0.468 e. The number of halogens is 1. The lowest BCUT2D eigenvalue weighted by molar-refractivity contribution is -0.147. The zero-order valence-corrected chi connectivity index (χ0v) is 11.9. The van der Waals surface area contributed by atoms with Gasteiger partial charge in [-0.1, -0.05) is 36.4 Å². The smallest absolute Gasteiger partial charge is 0.323 e. The third-order valence-electron chi connectivity index (χ3n) is 4.02. The average Bonchev–Trinajstić information content (AvgIpc) is 2.80. The molecule has 0 spiro atoms. The second kappa shape index (κ2) is 4.97. The van der Waals surface area contributed by atoms with Gasteiger partial charge in [0.15, 0.2) is 0 Å². The van der Waals surface area contributed by atoms with Gasteiger partial charge in [0.2, 0.25) is 0 Å². The van der Waals surface area contributed by atoms with E-state index >= 15 is 0 Å². The zero-order valence-electron chi connectivity index (χ0n) is 11.9. The van der Waals surface area contributed by atoms with Crippen molar-refractivity contribution in [1.29, 1.82) is 0 Å². The van der Waals surface area contributed by atoms with Crippen molar-refractivity contribution >= 4 is 5.97 Å². The van der Waals surface area contributed by atoms with Crippen LogP contribution in [0.3, 0.4) is 0 Å². The SMILES string of the molecule is COCC1(C(=O)OC)c2ccccc2-c2c(F)cccc21. The molecule has 1 unspecified atom stereocenters. The van der Waals surface area contributed by atoms with Gasteiger partial charge in [0.1, 0.15) is 11.2 Å². The van der Waals surface area contributed by atoms with Crippen molar-refractivity contribution in [2.45, 2.75) is 5.41 Å². The summed E-state index contributed by atoms with van der Waals surface area (Å²) in [5, 5.41) is 0. The molecule has 0 heterocycles. The fraction of sp³-hybridized carbons (Fsp3) is 0.235. The van der Waals surface area contributed by atoms with E-state index in [2.05, 4.69) is 0 Å². The van der Waals surface area contributed by atoms with E-state index in [4.69, 9.17) is 9.47 Å². The molecule has 0 bridgehead atoms. The summed E-state index contributed by atoms with van der Waals surface area (Å²) in [5.41, 5.74) is 1.37. The van der Waals surface area contributed by atoms with Gasteiger partial charge in [-0.15, -0.1) is 0 Å². The van der Waals surface area contributed by atoms with E-state index in [-0.39, 0.29) is 12.4 Å². The first kappa shape index (κ1) is 13.8. The number of ether oxygens (including phenoxy) is 2. The molecular formula is C17H15FO3. The number of fused-ring (bicyclic) bond motifs is 3. The lowest BCUT2D eigenvalue weighted by Gasteiger charge is -2.28. The second-order valence-corrected chi connectivity index (χ2v) is 5.04. The van der Waals surface area contributed by atoms with Crippen molar-refractivity contribution in [3.63, 3.8) is 0 Å². The van der Waals surface area contributed by atoms with Crippen molar-refractivity contribution in [2.75, 3.05) is 20.8 Å². The maximum Gasteiger partial charge on any atom is 0.323 e. The molecule has 0 amide bonds. The second-order valence-electron chi connectivity index (χ2n) is 5.04. The summed E-state index contributed by atoms with van der Waals surface area (Å²) in [6.07, 6.45) is 0. The molecule has 108 valence electrons. The maximum absolute atomic E-state index is 14.3. The molecule has 3 nitrogen and oxygen atoms in total. The molecule has 0 aliphatic heterocycles. The monoisotopic (exact) mass is 286 g/mol. The van der Waals surface area contributed by atoms with Gasteiger partial charge in [-0.3, -0.25) is 4.79 Å². The highest BCUT2D eigenvalue weighted by molar-refractivity contribution is 5.98. The standard InChI is InChI=1S/C17H15FO3/c1-20-10-17(16(19)21-2)12-7-4-3-6-11(12)15-13(17)8-5-9-14(15)18/h3-9H,10H2,1-2H3. The van der Waals surface area contributed by atoms with E-state index in [0.717, 1.165) is 5.56 Å². The molecule has 0 N–H and O–H groups in total. The first-order valence-electron chi connectivity index (χ1n) is 6.63. The minimum absolute atomic E-state index is 0.104. The topological polar surface area (TPSA) is 35.5 Å². The van der Waals surface area contributed by atoms with E-state index in [1.165, 1.54) is 20.3 Å².